The summed E-state index contributed by atoms with van der Waals surface area (Å²) >= 11 is 0. The summed E-state index contributed by atoms with van der Waals surface area (Å²) < 4.78 is 52.2. The molecule has 37 heavy (non-hydrogen) atoms. The first-order valence-electron chi connectivity index (χ1n) is 11.4. The van der Waals surface area contributed by atoms with E-state index in [0.29, 0.717) is 28.5 Å². The molecule has 2 heterocycles. The van der Waals surface area contributed by atoms with Gasteiger partial charge in [-0.25, -0.2) is 21.6 Å². The zero-order valence-electron chi connectivity index (χ0n) is 20.8. The highest BCUT2D eigenvalue weighted by Gasteiger charge is 2.27. The lowest BCUT2D eigenvalue weighted by Gasteiger charge is -2.15. The molecule has 0 spiro atoms. The number of amides is 1. The van der Waals surface area contributed by atoms with Crippen molar-refractivity contribution in [2.24, 2.45) is 0 Å². The average Bonchev–Trinajstić information content (AvgIpc) is 3.12. The summed E-state index contributed by atoms with van der Waals surface area (Å²) in [4.78, 5) is 29.1. The lowest BCUT2D eigenvalue weighted by molar-refractivity contribution is 0.0974. The number of carbonyl (C=O) groups is 1. The molecule has 2 aromatic heterocycles. The van der Waals surface area contributed by atoms with Crippen molar-refractivity contribution < 1.29 is 21.6 Å². The first-order chi connectivity index (χ1) is 17.3. The molecule has 0 saturated carbocycles. The van der Waals surface area contributed by atoms with Gasteiger partial charge in [-0.1, -0.05) is 19.1 Å². The van der Waals surface area contributed by atoms with E-state index in [9.17, 15) is 26.4 Å². The minimum absolute atomic E-state index is 0.0189. The molecule has 0 aliphatic heterocycles. The van der Waals surface area contributed by atoms with Gasteiger partial charge in [0.15, 0.2) is 9.84 Å². The van der Waals surface area contributed by atoms with E-state index >= 15 is 0 Å². The van der Waals surface area contributed by atoms with Crippen molar-refractivity contribution in [3.8, 4) is 11.1 Å². The van der Waals surface area contributed by atoms with Crippen LogP contribution in [0.5, 0.6) is 0 Å². The Labute approximate surface area is 215 Å². The highest BCUT2D eigenvalue weighted by Crippen LogP contribution is 2.35. The van der Waals surface area contributed by atoms with Crippen molar-refractivity contribution in [3.05, 3.63) is 87.5 Å². The summed E-state index contributed by atoms with van der Waals surface area (Å²) in [6, 6.07) is 13.5. The number of rotatable bonds is 7. The van der Waals surface area contributed by atoms with Gasteiger partial charge in [-0.2, -0.15) is 0 Å². The van der Waals surface area contributed by atoms with Crippen molar-refractivity contribution in [2.45, 2.75) is 31.7 Å². The van der Waals surface area contributed by atoms with E-state index in [4.69, 9.17) is 0 Å². The monoisotopic (exact) mass is 541 g/mol. The van der Waals surface area contributed by atoms with Crippen LogP contribution in [0.2, 0.25) is 0 Å². The molecule has 2 aromatic carbocycles. The van der Waals surface area contributed by atoms with Gasteiger partial charge in [0.2, 0.25) is 10.0 Å². The predicted molar refractivity (Wildman–Crippen MR) is 143 cm³/mol. The molecule has 9 nitrogen and oxygen atoms in total. The maximum absolute atomic E-state index is 13.5. The van der Waals surface area contributed by atoms with Crippen LogP contribution < -0.4 is 10.3 Å². The molecular formula is C26H27N3O6S2. The molecule has 0 aliphatic rings. The van der Waals surface area contributed by atoms with E-state index in [0.717, 1.165) is 23.6 Å². The lowest BCUT2D eigenvalue weighted by atomic mass is 10.0. The Balaban J connectivity index is 2.11. The molecule has 2 N–H and O–H groups in total. The highest BCUT2D eigenvalue weighted by molar-refractivity contribution is 7.90. The number of benzene rings is 2. The molecule has 11 heteroatoms. The standard InChI is InChI=1S/C26H27N3O6S2/c1-5-17-9-11-22-21(13-17)23(20-7-6-12-27-25(20)30)24(26(31)28-37(4,34)35)29(22)15-18-14-19(36(3,32)33)10-8-16(18)2/h6-14H,5,15H2,1-4H3,(H,27,30)(H,28,31). The van der Waals surface area contributed by atoms with Crippen LogP contribution in [0.25, 0.3) is 22.0 Å². The van der Waals surface area contributed by atoms with Crippen LogP contribution in [-0.2, 0) is 32.8 Å². The number of nitrogens with one attached hydrogen (secondary N) is 2. The zero-order valence-corrected chi connectivity index (χ0v) is 22.5. The molecule has 0 atom stereocenters. The Hall–Kier alpha value is -3.70. The topological polar surface area (TPSA) is 135 Å². The molecule has 0 unspecified atom stereocenters. The number of aromatic amines is 1. The zero-order chi connectivity index (χ0) is 27.1. The number of fused-ring (bicyclic) bond motifs is 1. The van der Waals surface area contributed by atoms with Crippen molar-refractivity contribution in [2.75, 3.05) is 12.5 Å². The smallest absolute Gasteiger partial charge is 0.282 e. The van der Waals surface area contributed by atoms with E-state index in [1.165, 1.54) is 12.3 Å². The van der Waals surface area contributed by atoms with Crippen LogP contribution >= 0.6 is 0 Å². The molecule has 194 valence electrons. The Morgan fingerprint density at radius 2 is 1.76 bits per heavy atom. The minimum Gasteiger partial charge on any atom is -0.331 e. The van der Waals surface area contributed by atoms with Gasteiger partial charge >= 0.3 is 0 Å². The van der Waals surface area contributed by atoms with E-state index in [2.05, 4.69) is 4.98 Å². The van der Waals surface area contributed by atoms with Gasteiger partial charge in [0, 0.05) is 41.0 Å². The number of sulfone groups is 1. The second kappa shape index (κ2) is 9.64. The SMILES string of the molecule is CCc1ccc2c(c1)c(-c1ccc[nH]c1=O)c(C(=O)NS(C)(=O)=O)n2Cc1cc(S(C)(=O)=O)ccc1C. The van der Waals surface area contributed by atoms with Crippen molar-refractivity contribution in [1.29, 1.82) is 0 Å². The minimum atomic E-state index is -3.93. The van der Waals surface area contributed by atoms with Gasteiger partial charge in [0.1, 0.15) is 5.69 Å². The third kappa shape index (κ3) is 5.37. The van der Waals surface area contributed by atoms with Crippen molar-refractivity contribution in [3.63, 3.8) is 0 Å². The van der Waals surface area contributed by atoms with Gasteiger partial charge in [0.25, 0.3) is 11.5 Å². The van der Waals surface area contributed by atoms with E-state index in [1.54, 1.807) is 28.8 Å². The number of nitrogens with zero attached hydrogens (tertiary/aromatic N) is 1. The molecular weight excluding hydrogens is 514 g/mol. The summed E-state index contributed by atoms with van der Waals surface area (Å²) in [5.74, 6) is -0.896. The molecule has 0 saturated heterocycles. The molecule has 0 aliphatic carbocycles. The van der Waals surface area contributed by atoms with E-state index in [1.807, 2.05) is 36.8 Å². The Morgan fingerprint density at radius 3 is 2.38 bits per heavy atom. The number of hydrogen-bond acceptors (Lipinski definition) is 6. The third-order valence-corrected chi connectivity index (χ3v) is 7.86. The van der Waals surface area contributed by atoms with Gasteiger partial charge in [-0.3, -0.25) is 9.59 Å². The van der Waals surface area contributed by atoms with Gasteiger partial charge in [-0.05, 0) is 66.4 Å². The highest BCUT2D eigenvalue weighted by atomic mass is 32.2. The van der Waals surface area contributed by atoms with Gasteiger partial charge < -0.3 is 9.55 Å². The van der Waals surface area contributed by atoms with Crippen LogP contribution in [-0.4, -0.2) is 44.8 Å². The molecule has 0 fully saturated rings. The van der Waals surface area contributed by atoms with E-state index in [-0.39, 0.29) is 22.7 Å². The number of pyridine rings is 1. The fourth-order valence-electron chi connectivity index (χ4n) is 4.35. The van der Waals surface area contributed by atoms with Gasteiger partial charge in [-0.15, -0.1) is 0 Å². The van der Waals surface area contributed by atoms with E-state index < -0.39 is 31.3 Å². The number of sulfonamides is 1. The first kappa shape index (κ1) is 26.4. The van der Waals surface area contributed by atoms with Crippen LogP contribution in [0.4, 0.5) is 0 Å². The summed E-state index contributed by atoms with van der Waals surface area (Å²) in [5.41, 5.74) is 3.02. The molecule has 4 rings (SSSR count). The molecule has 1 amide bonds. The number of H-pyrrole nitrogens is 1. The first-order valence-corrected chi connectivity index (χ1v) is 15.2. The number of aromatic nitrogens is 2. The molecule has 0 bridgehead atoms. The second-order valence-electron chi connectivity index (χ2n) is 8.99. The number of aryl methyl sites for hydroxylation is 2. The molecule has 4 aromatic rings. The van der Waals surface area contributed by atoms with Crippen molar-refractivity contribution in [1.82, 2.24) is 14.3 Å². The molecule has 0 radical (unpaired) electrons. The van der Waals surface area contributed by atoms with Crippen LogP contribution in [0, 0.1) is 6.92 Å². The Morgan fingerprint density at radius 1 is 1.03 bits per heavy atom. The Bertz CT molecular complexity index is 1820. The fraction of sp³-hybridized carbons (Fsp3) is 0.231. The average molecular weight is 542 g/mol. The summed E-state index contributed by atoms with van der Waals surface area (Å²) in [5, 5.41) is 0.603. The lowest BCUT2D eigenvalue weighted by Crippen LogP contribution is -2.32. The van der Waals surface area contributed by atoms with Crippen LogP contribution in [0.15, 0.2) is 64.4 Å². The van der Waals surface area contributed by atoms with Crippen molar-refractivity contribution >= 4 is 36.7 Å². The quantitative estimate of drug-likeness (QED) is 0.369. The largest absolute Gasteiger partial charge is 0.331 e. The number of carbonyl (C=O) groups excluding carboxylic acids is 1. The summed E-state index contributed by atoms with van der Waals surface area (Å²) in [6.07, 6.45) is 4.16. The number of hydrogen-bond donors (Lipinski definition) is 2. The maximum Gasteiger partial charge on any atom is 0.282 e. The maximum atomic E-state index is 13.5. The summed E-state index contributed by atoms with van der Waals surface area (Å²) in [7, 11) is -7.43. The third-order valence-electron chi connectivity index (χ3n) is 6.19. The second-order valence-corrected chi connectivity index (χ2v) is 12.8. The summed E-state index contributed by atoms with van der Waals surface area (Å²) in [6.45, 7) is 3.86. The van der Waals surface area contributed by atoms with Gasteiger partial charge in [0.05, 0.1) is 11.2 Å². The predicted octanol–water partition coefficient (Wildman–Crippen LogP) is 3.01. The normalized spacial score (nSPS) is 12.1. The van der Waals surface area contributed by atoms with Crippen LogP contribution in [0.1, 0.15) is 34.1 Å². The fourth-order valence-corrected chi connectivity index (χ4v) is 5.45. The van der Waals surface area contributed by atoms with Crippen LogP contribution in [0.3, 0.4) is 0 Å². The Kier molecular flexibility index (Phi) is 6.87.